The van der Waals surface area contributed by atoms with Crippen LogP contribution >= 0.6 is 11.3 Å². The number of aryl methyl sites for hydroxylation is 1. The Morgan fingerprint density at radius 3 is 2.21 bits per heavy atom. The Morgan fingerprint density at radius 1 is 0.939 bits per heavy atom. The second-order valence-corrected chi connectivity index (χ2v) is 9.15. The Hall–Kier alpha value is -3.52. The highest BCUT2D eigenvalue weighted by atomic mass is 32.1. The minimum Gasteiger partial charge on any atom is -0.332 e. The molecule has 0 fully saturated rings. The van der Waals surface area contributed by atoms with Gasteiger partial charge in [-0.15, -0.1) is 11.3 Å². The van der Waals surface area contributed by atoms with Crippen molar-refractivity contribution in [1.29, 1.82) is 0 Å². The third-order valence-electron chi connectivity index (χ3n) is 5.14. The van der Waals surface area contributed by atoms with E-state index in [0.717, 1.165) is 10.4 Å². The summed E-state index contributed by atoms with van der Waals surface area (Å²) < 4.78 is 0. The number of nitro benzene ring substituents is 1. The van der Waals surface area contributed by atoms with Gasteiger partial charge in [-0.25, -0.2) is 0 Å². The summed E-state index contributed by atoms with van der Waals surface area (Å²) in [5, 5.41) is 10.9. The van der Waals surface area contributed by atoms with Crippen molar-refractivity contribution in [3.63, 3.8) is 0 Å². The molecular weight excluding hydrogens is 438 g/mol. The van der Waals surface area contributed by atoms with Crippen molar-refractivity contribution >= 4 is 28.8 Å². The fourth-order valence-corrected chi connectivity index (χ4v) is 4.39. The highest BCUT2D eigenvalue weighted by Gasteiger charge is 2.23. The molecule has 0 aliphatic heterocycles. The fourth-order valence-electron chi connectivity index (χ4n) is 3.49. The SMILES string of the molecule is CCCN(CC(=O)N(Cc1ccccc1)Cc1ccc(C)s1)C(=O)c1ccc([N+](=O)[O-])cc1. The van der Waals surface area contributed by atoms with E-state index in [9.17, 15) is 19.7 Å². The average molecular weight is 466 g/mol. The second-order valence-electron chi connectivity index (χ2n) is 7.78. The van der Waals surface area contributed by atoms with Gasteiger partial charge in [-0.2, -0.15) is 0 Å². The summed E-state index contributed by atoms with van der Waals surface area (Å²) in [4.78, 5) is 42.4. The van der Waals surface area contributed by atoms with Gasteiger partial charge >= 0.3 is 0 Å². The van der Waals surface area contributed by atoms with Crippen molar-refractivity contribution in [2.24, 2.45) is 0 Å². The maximum atomic E-state index is 13.4. The van der Waals surface area contributed by atoms with Gasteiger partial charge in [-0.1, -0.05) is 37.3 Å². The first kappa shape index (κ1) is 24.1. The summed E-state index contributed by atoms with van der Waals surface area (Å²) in [5.74, 6) is -0.458. The molecule has 33 heavy (non-hydrogen) atoms. The topological polar surface area (TPSA) is 83.8 Å². The zero-order valence-corrected chi connectivity index (χ0v) is 19.6. The van der Waals surface area contributed by atoms with E-state index in [4.69, 9.17) is 0 Å². The molecule has 2 aromatic carbocycles. The molecule has 172 valence electrons. The number of nitrogens with zero attached hydrogens (tertiary/aromatic N) is 3. The summed E-state index contributed by atoms with van der Waals surface area (Å²) in [5.41, 5.74) is 1.26. The third-order valence-corrected chi connectivity index (χ3v) is 6.13. The molecule has 0 radical (unpaired) electrons. The van der Waals surface area contributed by atoms with Crippen LogP contribution in [0.2, 0.25) is 0 Å². The van der Waals surface area contributed by atoms with E-state index in [0.29, 0.717) is 31.6 Å². The van der Waals surface area contributed by atoms with Gasteiger partial charge in [0, 0.05) is 40.5 Å². The van der Waals surface area contributed by atoms with Crippen LogP contribution in [-0.2, 0) is 17.9 Å². The maximum absolute atomic E-state index is 13.4. The lowest BCUT2D eigenvalue weighted by atomic mass is 10.1. The van der Waals surface area contributed by atoms with Gasteiger partial charge in [0.25, 0.3) is 11.6 Å². The number of rotatable bonds is 10. The highest BCUT2D eigenvalue weighted by molar-refractivity contribution is 7.11. The van der Waals surface area contributed by atoms with Crippen LogP contribution in [0.25, 0.3) is 0 Å². The first-order valence-electron chi connectivity index (χ1n) is 10.8. The maximum Gasteiger partial charge on any atom is 0.269 e. The normalized spacial score (nSPS) is 10.6. The fraction of sp³-hybridized carbons (Fsp3) is 0.280. The van der Waals surface area contributed by atoms with Crippen LogP contribution in [0.4, 0.5) is 5.69 Å². The van der Waals surface area contributed by atoms with Gasteiger partial charge in [0.05, 0.1) is 11.5 Å². The molecule has 1 heterocycles. The van der Waals surface area contributed by atoms with Crippen LogP contribution in [0.1, 0.15) is 39.0 Å². The zero-order valence-electron chi connectivity index (χ0n) is 18.8. The molecule has 8 heteroatoms. The quantitative estimate of drug-likeness (QED) is 0.310. The number of benzene rings is 2. The zero-order chi connectivity index (χ0) is 23.8. The average Bonchev–Trinajstić information content (AvgIpc) is 3.23. The molecule has 0 aliphatic rings. The standard InChI is InChI=1S/C25H27N3O4S/c1-3-15-26(25(30)21-10-12-22(13-11-21)28(31)32)18-24(29)27(16-20-7-5-4-6-8-20)17-23-14-9-19(2)33-23/h4-14H,3,15-18H2,1-2H3. The van der Waals surface area contributed by atoms with Crippen molar-refractivity contribution in [2.45, 2.75) is 33.4 Å². The van der Waals surface area contributed by atoms with Crippen LogP contribution in [-0.4, -0.2) is 39.6 Å². The molecule has 3 aromatic rings. The molecule has 0 saturated carbocycles. The number of non-ortho nitro benzene ring substituents is 1. The molecule has 0 saturated heterocycles. The number of carbonyl (C=O) groups is 2. The molecule has 0 spiro atoms. The predicted octanol–water partition coefficient (Wildman–Crippen LogP) is 5.05. The van der Waals surface area contributed by atoms with Crippen LogP contribution in [0.15, 0.2) is 66.7 Å². The molecule has 0 unspecified atom stereocenters. The van der Waals surface area contributed by atoms with E-state index in [1.807, 2.05) is 56.3 Å². The number of hydrogen-bond acceptors (Lipinski definition) is 5. The van der Waals surface area contributed by atoms with Gasteiger partial charge in [-0.3, -0.25) is 19.7 Å². The molecule has 0 N–H and O–H groups in total. The molecule has 0 atom stereocenters. The van der Waals surface area contributed by atoms with Crippen molar-refractivity contribution in [1.82, 2.24) is 9.80 Å². The van der Waals surface area contributed by atoms with Crippen LogP contribution in [0, 0.1) is 17.0 Å². The summed E-state index contributed by atoms with van der Waals surface area (Å²) in [6.07, 6.45) is 0.689. The van der Waals surface area contributed by atoms with E-state index >= 15 is 0 Å². The Labute approximate surface area is 197 Å². The number of amides is 2. The van der Waals surface area contributed by atoms with Crippen LogP contribution in [0.3, 0.4) is 0 Å². The number of carbonyl (C=O) groups excluding carboxylic acids is 2. The number of nitro groups is 1. The van der Waals surface area contributed by atoms with Gasteiger partial charge in [-0.05, 0) is 43.2 Å². The molecule has 0 bridgehead atoms. The van der Waals surface area contributed by atoms with Crippen molar-refractivity contribution < 1.29 is 14.5 Å². The lowest BCUT2D eigenvalue weighted by Crippen LogP contribution is -2.42. The van der Waals surface area contributed by atoms with Crippen molar-refractivity contribution in [3.05, 3.63) is 97.7 Å². The summed E-state index contributed by atoms with van der Waals surface area (Å²) in [6, 6.07) is 19.3. The van der Waals surface area contributed by atoms with Gasteiger partial charge < -0.3 is 9.80 Å². The highest BCUT2D eigenvalue weighted by Crippen LogP contribution is 2.20. The van der Waals surface area contributed by atoms with Gasteiger partial charge in [0.1, 0.15) is 6.54 Å². The number of thiophene rings is 1. The number of hydrogen-bond donors (Lipinski definition) is 0. The lowest BCUT2D eigenvalue weighted by molar-refractivity contribution is -0.384. The molecule has 2 amide bonds. The molecule has 0 aliphatic carbocycles. The second kappa shape index (κ2) is 11.4. The summed E-state index contributed by atoms with van der Waals surface area (Å²) in [7, 11) is 0. The van der Waals surface area contributed by atoms with Crippen LogP contribution in [0.5, 0.6) is 0 Å². The van der Waals surface area contributed by atoms with Gasteiger partial charge in [0.15, 0.2) is 0 Å². The minimum atomic E-state index is -0.505. The first-order chi connectivity index (χ1) is 15.9. The Bertz CT molecular complexity index is 1100. The van der Waals surface area contributed by atoms with E-state index in [1.54, 1.807) is 16.2 Å². The summed E-state index contributed by atoms with van der Waals surface area (Å²) in [6.45, 7) is 5.25. The lowest BCUT2D eigenvalue weighted by Gasteiger charge is -2.27. The van der Waals surface area contributed by atoms with Crippen molar-refractivity contribution in [2.75, 3.05) is 13.1 Å². The molecular formula is C25H27N3O4S. The first-order valence-corrected chi connectivity index (χ1v) is 11.6. The molecule has 3 rings (SSSR count). The molecule has 7 nitrogen and oxygen atoms in total. The van der Waals surface area contributed by atoms with Crippen LogP contribution < -0.4 is 0 Å². The van der Waals surface area contributed by atoms with Crippen molar-refractivity contribution in [3.8, 4) is 0 Å². The predicted molar refractivity (Wildman–Crippen MR) is 129 cm³/mol. The largest absolute Gasteiger partial charge is 0.332 e. The Kier molecular flexibility index (Phi) is 8.32. The van der Waals surface area contributed by atoms with E-state index in [1.165, 1.54) is 34.0 Å². The summed E-state index contributed by atoms with van der Waals surface area (Å²) >= 11 is 1.65. The van der Waals surface area contributed by atoms with E-state index < -0.39 is 4.92 Å². The molecule has 1 aromatic heterocycles. The van der Waals surface area contributed by atoms with Gasteiger partial charge in [0.2, 0.25) is 5.91 Å². The Balaban J connectivity index is 1.78. The van der Waals surface area contributed by atoms with E-state index in [2.05, 4.69) is 0 Å². The minimum absolute atomic E-state index is 0.0547. The Morgan fingerprint density at radius 2 is 1.64 bits per heavy atom. The van der Waals surface area contributed by atoms with E-state index in [-0.39, 0.29) is 24.0 Å². The third kappa shape index (κ3) is 6.73. The smallest absolute Gasteiger partial charge is 0.269 e. The monoisotopic (exact) mass is 465 g/mol.